The Balaban J connectivity index is 1.61. The maximum absolute atomic E-state index is 13.5. The molecule has 152 valence electrons. The molecule has 0 bridgehead atoms. The van der Waals surface area contributed by atoms with Crippen LogP contribution in [-0.4, -0.2) is 40.6 Å². The van der Waals surface area contributed by atoms with Gasteiger partial charge < -0.3 is 18.6 Å². The molecule has 1 aliphatic rings. The van der Waals surface area contributed by atoms with Crippen LogP contribution in [0.3, 0.4) is 0 Å². The van der Waals surface area contributed by atoms with Crippen molar-refractivity contribution in [2.45, 2.75) is 38.8 Å². The average Bonchev–Trinajstić information content (AvgIpc) is 3.50. The van der Waals surface area contributed by atoms with Crippen molar-refractivity contribution < 1.29 is 18.5 Å². The van der Waals surface area contributed by atoms with Crippen LogP contribution in [-0.2, 0) is 11.3 Å². The molecule has 1 unspecified atom stereocenters. The Bertz CT molecular complexity index is 901. The standard InChI is InChI=1S/C22H26N4O3/c1-2-12-26(16-19-23-24-21(29-19)18-11-8-15-28-18)20(17-9-4-3-5-10-17)22(27)25-13-6-7-14-25/h3-5,8-11,15,20H,2,6-7,12-14,16H2,1H3/p+1/t20-/m1/s1. The van der Waals surface area contributed by atoms with Gasteiger partial charge in [-0.05, 0) is 31.4 Å². The minimum atomic E-state index is -0.284. The molecule has 1 saturated heterocycles. The number of furan rings is 1. The first-order chi connectivity index (χ1) is 14.3. The zero-order valence-corrected chi connectivity index (χ0v) is 16.7. The number of carbonyl (C=O) groups is 1. The van der Waals surface area contributed by atoms with E-state index in [9.17, 15) is 4.79 Å². The Hall–Kier alpha value is -2.93. The summed E-state index contributed by atoms with van der Waals surface area (Å²) in [7, 11) is 0. The molecule has 3 heterocycles. The minimum Gasteiger partial charge on any atom is -0.459 e. The summed E-state index contributed by atoms with van der Waals surface area (Å²) in [4.78, 5) is 16.6. The molecule has 29 heavy (non-hydrogen) atoms. The molecule has 0 radical (unpaired) electrons. The second-order valence-electron chi connectivity index (χ2n) is 7.44. The number of nitrogens with zero attached hydrogens (tertiary/aromatic N) is 3. The summed E-state index contributed by atoms with van der Waals surface area (Å²) < 4.78 is 11.2. The number of hydrogen-bond acceptors (Lipinski definition) is 5. The summed E-state index contributed by atoms with van der Waals surface area (Å²) in [6.45, 7) is 5.12. The Morgan fingerprint density at radius 2 is 1.93 bits per heavy atom. The van der Waals surface area contributed by atoms with E-state index in [1.807, 2.05) is 35.2 Å². The second kappa shape index (κ2) is 9.05. The molecular formula is C22H27N4O3+. The predicted molar refractivity (Wildman–Crippen MR) is 107 cm³/mol. The van der Waals surface area contributed by atoms with Crippen LogP contribution in [0.4, 0.5) is 0 Å². The molecular weight excluding hydrogens is 368 g/mol. The monoisotopic (exact) mass is 395 g/mol. The SMILES string of the molecule is CCC[NH+](Cc1nnc(-c2ccco2)o1)[C@@H](C(=O)N1CCCC1)c1ccccc1. The molecule has 1 fully saturated rings. The number of rotatable bonds is 8. The number of hydrogen-bond donors (Lipinski definition) is 1. The first kappa shape index (κ1) is 19.4. The molecule has 7 nitrogen and oxygen atoms in total. The van der Waals surface area contributed by atoms with Gasteiger partial charge in [-0.1, -0.05) is 37.3 Å². The van der Waals surface area contributed by atoms with Gasteiger partial charge in [0.15, 0.2) is 18.3 Å². The molecule has 0 aliphatic carbocycles. The lowest BCUT2D eigenvalue weighted by Gasteiger charge is -2.30. The second-order valence-corrected chi connectivity index (χ2v) is 7.44. The lowest BCUT2D eigenvalue weighted by molar-refractivity contribution is -0.937. The topological polar surface area (TPSA) is 76.8 Å². The zero-order valence-electron chi connectivity index (χ0n) is 16.7. The largest absolute Gasteiger partial charge is 0.459 e. The number of carbonyl (C=O) groups excluding carboxylic acids is 1. The van der Waals surface area contributed by atoms with E-state index < -0.39 is 0 Å². The van der Waals surface area contributed by atoms with Gasteiger partial charge in [-0.25, -0.2) is 0 Å². The van der Waals surface area contributed by atoms with Crippen LogP contribution in [0.5, 0.6) is 0 Å². The highest BCUT2D eigenvalue weighted by atomic mass is 16.4. The fourth-order valence-corrected chi connectivity index (χ4v) is 3.99. The van der Waals surface area contributed by atoms with Crippen molar-refractivity contribution in [3.8, 4) is 11.7 Å². The molecule has 1 aromatic carbocycles. The number of nitrogens with one attached hydrogen (secondary N) is 1. The Labute approximate surface area is 170 Å². The molecule has 7 heteroatoms. The van der Waals surface area contributed by atoms with Crippen molar-refractivity contribution >= 4 is 5.91 Å². The van der Waals surface area contributed by atoms with Crippen molar-refractivity contribution in [1.82, 2.24) is 15.1 Å². The number of quaternary nitrogens is 1. The highest BCUT2D eigenvalue weighted by Gasteiger charge is 2.36. The van der Waals surface area contributed by atoms with Crippen LogP contribution in [0.25, 0.3) is 11.7 Å². The van der Waals surface area contributed by atoms with Gasteiger partial charge in [0.25, 0.3) is 17.7 Å². The van der Waals surface area contributed by atoms with Gasteiger partial charge in [-0.15, -0.1) is 10.2 Å². The molecule has 0 spiro atoms. The first-order valence-electron chi connectivity index (χ1n) is 10.3. The van der Waals surface area contributed by atoms with E-state index in [1.165, 1.54) is 0 Å². The first-order valence-corrected chi connectivity index (χ1v) is 10.3. The van der Waals surface area contributed by atoms with Crippen LogP contribution < -0.4 is 4.90 Å². The van der Waals surface area contributed by atoms with Crippen molar-refractivity contribution in [3.63, 3.8) is 0 Å². The van der Waals surface area contributed by atoms with Gasteiger partial charge in [0.05, 0.1) is 12.8 Å². The van der Waals surface area contributed by atoms with E-state index in [0.29, 0.717) is 24.1 Å². The summed E-state index contributed by atoms with van der Waals surface area (Å²) >= 11 is 0. The van der Waals surface area contributed by atoms with Crippen LogP contribution in [0.15, 0.2) is 57.6 Å². The molecule has 1 amide bonds. The van der Waals surface area contributed by atoms with Crippen LogP contribution >= 0.6 is 0 Å². The molecule has 0 saturated carbocycles. The van der Waals surface area contributed by atoms with Crippen LogP contribution in [0.1, 0.15) is 43.7 Å². The van der Waals surface area contributed by atoms with E-state index >= 15 is 0 Å². The molecule has 1 N–H and O–H groups in total. The van der Waals surface area contributed by atoms with Crippen molar-refractivity contribution in [2.24, 2.45) is 0 Å². The average molecular weight is 395 g/mol. The van der Waals surface area contributed by atoms with E-state index in [0.717, 1.165) is 49.4 Å². The lowest BCUT2D eigenvalue weighted by Crippen LogP contribution is -3.12. The van der Waals surface area contributed by atoms with Crippen LogP contribution in [0.2, 0.25) is 0 Å². The zero-order chi connectivity index (χ0) is 20.1. The molecule has 3 aromatic rings. The number of likely N-dealkylation sites (tertiary alicyclic amines) is 1. The molecule has 1 aliphatic heterocycles. The normalized spacial score (nSPS) is 16.1. The third kappa shape index (κ3) is 4.40. The van der Waals surface area contributed by atoms with E-state index in [-0.39, 0.29) is 11.9 Å². The molecule has 2 atom stereocenters. The van der Waals surface area contributed by atoms with E-state index in [4.69, 9.17) is 8.83 Å². The summed E-state index contributed by atoms with van der Waals surface area (Å²) in [5, 5.41) is 8.31. The van der Waals surface area contributed by atoms with E-state index in [2.05, 4.69) is 17.1 Å². The van der Waals surface area contributed by atoms with Crippen LogP contribution in [0, 0.1) is 0 Å². The number of aromatic nitrogens is 2. The maximum atomic E-state index is 13.5. The third-order valence-electron chi connectivity index (χ3n) is 5.35. The van der Waals surface area contributed by atoms with E-state index in [1.54, 1.807) is 18.4 Å². The van der Waals surface area contributed by atoms with Gasteiger partial charge in [-0.3, -0.25) is 4.79 Å². The third-order valence-corrected chi connectivity index (χ3v) is 5.35. The van der Waals surface area contributed by atoms with Gasteiger partial charge in [-0.2, -0.15) is 0 Å². The lowest BCUT2D eigenvalue weighted by atomic mass is 10.0. The maximum Gasteiger partial charge on any atom is 0.285 e. The summed E-state index contributed by atoms with van der Waals surface area (Å²) in [6, 6.07) is 13.3. The number of benzene rings is 1. The quantitative estimate of drug-likeness (QED) is 0.634. The fourth-order valence-electron chi connectivity index (χ4n) is 3.99. The van der Waals surface area contributed by atoms with Crippen molar-refractivity contribution in [2.75, 3.05) is 19.6 Å². The summed E-state index contributed by atoms with van der Waals surface area (Å²) in [5.41, 5.74) is 1.03. The minimum absolute atomic E-state index is 0.183. The van der Waals surface area contributed by atoms with Gasteiger partial charge in [0.1, 0.15) is 0 Å². The van der Waals surface area contributed by atoms with Crippen molar-refractivity contribution in [1.29, 1.82) is 0 Å². The highest BCUT2D eigenvalue weighted by molar-refractivity contribution is 5.82. The predicted octanol–water partition coefficient (Wildman–Crippen LogP) is 2.49. The fraction of sp³-hybridized carbons (Fsp3) is 0.409. The summed E-state index contributed by atoms with van der Waals surface area (Å²) in [6.07, 6.45) is 4.68. The highest BCUT2D eigenvalue weighted by Crippen LogP contribution is 2.19. The van der Waals surface area contributed by atoms with Crippen molar-refractivity contribution in [3.05, 3.63) is 60.2 Å². The van der Waals surface area contributed by atoms with Gasteiger partial charge in [0, 0.05) is 18.7 Å². The molecule has 4 rings (SSSR count). The Morgan fingerprint density at radius 1 is 1.14 bits per heavy atom. The molecule has 2 aromatic heterocycles. The van der Waals surface area contributed by atoms with Gasteiger partial charge >= 0.3 is 0 Å². The smallest absolute Gasteiger partial charge is 0.285 e. The van der Waals surface area contributed by atoms with Gasteiger partial charge in [0.2, 0.25) is 0 Å². The summed E-state index contributed by atoms with van der Waals surface area (Å²) in [5.74, 6) is 1.61. The Morgan fingerprint density at radius 3 is 2.62 bits per heavy atom. The Kier molecular flexibility index (Phi) is 6.05. The number of amides is 1.